The highest BCUT2D eigenvalue weighted by Gasteiger charge is 2.43. The number of rotatable bonds is 2. The molecule has 0 unspecified atom stereocenters. The van der Waals surface area contributed by atoms with Crippen molar-refractivity contribution < 1.29 is 9.47 Å². The molecule has 0 saturated heterocycles. The second kappa shape index (κ2) is 4.75. The Labute approximate surface area is 116 Å². The van der Waals surface area contributed by atoms with Gasteiger partial charge in [-0.05, 0) is 25.0 Å². The quantitative estimate of drug-likeness (QED) is 0.657. The first-order chi connectivity index (χ1) is 9.74. The second-order valence-electron chi connectivity index (χ2n) is 4.78. The number of benzene rings is 1. The molecule has 0 atom stereocenters. The maximum atomic E-state index is 8.61. The van der Waals surface area contributed by atoms with E-state index < -0.39 is 5.79 Å². The Bertz CT molecular complexity index is 632. The Morgan fingerprint density at radius 1 is 1.15 bits per heavy atom. The van der Waals surface area contributed by atoms with E-state index in [0.29, 0.717) is 11.4 Å². The van der Waals surface area contributed by atoms with Crippen molar-refractivity contribution >= 4 is 11.4 Å². The monoisotopic (exact) mass is 268 g/mol. The molecule has 0 amide bonds. The van der Waals surface area contributed by atoms with Gasteiger partial charge in [0, 0.05) is 18.9 Å². The first-order valence-corrected chi connectivity index (χ1v) is 6.41. The molecule has 100 valence electrons. The van der Waals surface area contributed by atoms with Crippen molar-refractivity contribution in [1.82, 2.24) is 0 Å². The van der Waals surface area contributed by atoms with E-state index in [0.717, 1.165) is 31.4 Å². The molecular formula is C14H12N4O2. The van der Waals surface area contributed by atoms with Crippen molar-refractivity contribution in [3.05, 3.63) is 18.2 Å². The molecule has 0 radical (unpaired) electrons. The van der Waals surface area contributed by atoms with E-state index in [9.17, 15) is 0 Å². The zero-order valence-electron chi connectivity index (χ0n) is 10.7. The van der Waals surface area contributed by atoms with Crippen LogP contribution in [0, 0.1) is 22.7 Å². The van der Waals surface area contributed by atoms with Crippen LogP contribution in [0.3, 0.4) is 0 Å². The molecule has 2 aliphatic rings. The third-order valence-corrected chi connectivity index (χ3v) is 3.41. The number of hydrazone groups is 1. The van der Waals surface area contributed by atoms with Gasteiger partial charge in [-0.25, -0.2) is 0 Å². The number of ether oxygens (including phenoxy) is 2. The first kappa shape index (κ1) is 12.3. The minimum absolute atomic E-state index is 0.227. The molecule has 1 aromatic carbocycles. The molecule has 3 rings (SSSR count). The Balaban J connectivity index is 1.78. The summed E-state index contributed by atoms with van der Waals surface area (Å²) < 4.78 is 11.8. The largest absolute Gasteiger partial charge is 0.448 e. The zero-order valence-corrected chi connectivity index (χ0v) is 10.7. The molecule has 6 heteroatoms. The summed E-state index contributed by atoms with van der Waals surface area (Å²) in [6.07, 6.45) is 4.01. The van der Waals surface area contributed by atoms with Gasteiger partial charge in [0.05, 0.1) is 5.69 Å². The van der Waals surface area contributed by atoms with E-state index >= 15 is 0 Å². The number of anilines is 1. The van der Waals surface area contributed by atoms with Crippen molar-refractivity contribution in [2.75, 3.05) is 5.43 Å². The molecule has 1 aliphatic carbocycles. The first-order valence-electron chi connectivity index (χ1n) is 6.41. The van der Waals surface area contributed by atoms with Crippen LogP contribution in [-0.4, -0.2) is 11.5 Å². The zero-order chi connectivity index (χ0) is 14.0. The lowest BCUT2D eigenvalue weighted by molar-refractivity contribution is -0.0716. The standard InChI is InChI=1S/C14H12N4O2/c15-8-11(9-16)18-17-10-3-4-12-13(7-10)20-14(19-12)5-1-2-6-14/h3-4,7,17H,1-2,5-6H2. The van der Waals surface area contributed by atoms with Gasteiger partial charge in [0.2, 0.25) is 5.71 Å². The molecule has 0 aromatic heterocycles. The Hall–Kier alpha value is -2.73. The summed E-state index contributed by atoms with van der Waals surface area (Å²) in [6.45, 7) is 0. The van der Waals surface area contributed by atoms with Gasteiger partial charge >= 0.3 is 0 Å². The van der Waals surface area contributed by atoms with Crippen LogP contribution in [0.5, 0.6) is 11.5 Å². The van der Waals surface area contributed by atoms with Gasteiger partial charge in [-0.3, -0.25) is 5.43 Å². The molecule has 1 heterocycles. The van der Waals surface area contributed by atoms with Crippen molar-refractivity contribution in [3.63, 3.8) is 0 Å². The van der Waals surface area contributed by atoms with E-state index in [1.54, 1.807) is 30.3 Å². The van der Waals surface area contributed by atoms with Crippen LogP contribution in [0.4, 0.5) is 5.69 Å². The van der Waals surface area contributed by atoms with E-state index in [4.69, 9.17) is 20.0 Å². The minimum Gasteiger partial charge on any atom is -0.448 e. The lowest BCUT2D eigenvalue weighted by atomic mass is 10.2. The summed E-state index contributed by atoms with van der Waals surface area (Å²) in [5, 5.41) is 20.9. The Kier molecular flexibility index (Phi) is 2.92. The highest BCUT2D eigenvalue weighted by Crippen LogP contribution is 2.47. The molecule has 0 bridgehead atoms. The van der Waals surface area contributed by atoms with Crippen LogP contribution in [0.15, 0.2) is 23.3 Å². The van der Waals surface area contributed by atoms with E-state index in [-0.39, 0.29) is 5.71 Å². The highest BCUT2D eigenvalue weighted by atomic mass is 16.7. The molecule has 1 aliphatic heterocycles. The fourth-order valence-electron chi connectivity index (χ4n) is 2.48. The lowest BCUT2D eigenvalue weighted by Gasteiger charge is -2.21. The molecule has 20 heavy (non-hydrogen) atoms. The highest BCUT2D eigenvalue weighted by molar-refractivity contribution is 6.10. The van der Waals surface area contributed by atoms with Gasteiger partial charge in [0.1, 0.15) is 12.1 Å². The Morgan fingerprint density at radius 3 is 2.55 bits per heavy atom. The molecule has 1 spiro atoms. The summed E-state index contributed by atoms with van der Waals surface area (Å²) in [7, 11) is 0. The fraction of sp³-hybridized carbons (Fsp3) is 0.357. The molecular weight excluding hydrogens is 256 g/mol. The molecule has 1 aromatic rings. The van der Waals surface area contributed by atoms with Crippen LogP contribution < -0.4 is 14.9 Å². The van der Waals surface area contributed by atoms with Gasteiger partial charge in [-0.15, -0.1) is 0 Å². The second-order valence-corrected chi connectivity index (χ2v) is 4.78. The average Bonchev–Trinajstić information content (AvgIpc) is 3.06. The average molecular weight is 268 g/mol. The smallest absolute Gasteiger partial charge is 0.251 e. The number of hydrogen-bond donors (Lipinski definition) is 1. The summed E-state index contributed by atoms with van der Waals surface area (Å²) >= 11 is 0. The predicted molar refractivity (Wildman–Crippen MR) is 71.2 cm³/mol. The van der Waals surface area contributed by atoms with Crippen molar-refractivity contribution in [3.8, 4) is 23.6 Å². The van der Waals surface area contributed by atoms with Crippen LogP contribution in [-0.2, 0) is 0 Å². The van der Waals surface area contributed by atoms with Gasteiger partial charge in [0.15, 0.2) is 11.5 Å². The summed E-state index contributed by atoms with van der Waals surface area (Å²) in [5.74, 6) is 0.902. The number of nitrogens with zero attached hydrogens (tertiary/aromatic N) is 3. The summed E-state index contributed by atoms with van der Waals surface area (Å²) in [4.78, 5) is 0. The van der Waals surface area contributed by atoms with E-state index in [1.165, 1.54) is 0 Å². The van der Waals surface area contributed by atoms with Gasteiger partial charge in [0.25, 0.3) is 5.79 Å². The maximum Gasteiger partial charge on any atom is 0.251 e. The van der Waals surface area contributed by atoms with Crippen molar-refractivity contribution in [2.45, 2.75) is 31.5 Å². The molecule has 1 saturated carbocycles. The van der Waals surface area contributed by atoms with Gasteiger partial charge in [-0.2, -0.15) is 15.6 Å². The third kappa shape index (κ3) is 2.12. The maximum absolute atomic E-state index is 8.61. The fourth-order valence-corrected chi connectivity index (χ4v) is 2.48. The molecule has 1 N–H and O–H groups in total. The van der Waals surface area contributed by atoms with Crippen molar-refractivity contribution in [2.24, 2.45) is 5.10 Å². The van der Waals surface area contributed by atoms with E-state index in [1.807, 2.05) is 0 Å². The van der Waals surface area contributed by atoms with Crippen LogP contribution in [0.25, 0.3) is 0 Å². The minimum atomic E-state index is -0.491. The van der Waals surface area contributed by atoms with E-state index in [2.05, 4.69) is 10.5 Å². The predicted octanol–water partition coefficient (Wildman–Crippen LogP) is 2.54. The molecule has 1 fully saturated rings. The normalized spacial score (nSPS) is 17.3. The number of nitrogens with one attached hydrogen (secondary N) is 1. The number of nitriles is 2. The van der Waals surface area contributed by atoms with Crippen LogP contribution in [0.1, 0.15) is 25.7 Å². The topological polar surface area (TPSA) is 90.4 Å². The van der Waals surface area contributed by atoms with Crippen molar-refractivity contribution in [1.29, 1.82) is 10.5 Å². The molecule has 6 nitrogen and oxygen atoms in total. The number of fused-ring (bicyclic) bond motifs is 1. The summed E-state index contributed by atoms with van der Waals surface area (Å²) in [5.41, 5.74) is 3.08. The third-order valence-electron chi connectivity index (χ3n) is 3.41. The van der Waals surface area contributed by atoms with Crippen LogP contribution in [0.2, 0.25) is 0 Å². The van der Waals surface area contributed by atoms with Crippen LogP contribution >= 0.6 is 0 Å². The lowest BCUT2D eigenvalue weighted by Crippen LogP contribution is -2.34. The SMILES string of the molecule is N#CC(C#N)=NNc1ccc2c(c1)OC1(CCCC1)O2. The van der Waals surface area contributed by atoms with Gasteiger partial charge < -0.3 is 9.47 Å². The number of hydrogen-bond acceptors (Lipinski definition) is 6. The summed E-state index contributed by atoms with van der Waals surface area (Å²) in [6, 6.07) is 8.71. The van der Waals surface area contributed by atoms with Gasteiger partial charge in [-0.1, -0.05) is 0 Å². The Morgan fingerprint density at radius 2 is 1.85 bits per heavy atom.